The van der Waals surface area contributed by atoms with Crippen molar-refractivity contribution in [3.63, 3.8) is 0 Å². The monoisotopic (exact) mass is 238 g/mol. The molecule has 0 unspecified atom stereocenters. The van der Waals surface area contributed by atoms with Crippen LogP contribution in [-0.2, 0) is 9.53 Å². The number of ether oxygens (including phenoxy) is 1. The Hall–Kier alpha value is -1.98. The molecule has 1 heterocycles. The molecule has 6 heteroatoms. The second-order valence-electron chi connectivity index (χ2n) is 3.92. The number of esters is 1. The van der Waals surface area contributed by atoms with E-state index < -0.39 is 23.2 Å². The number of hydrogen-bond donors (Lipinski definition) is 1. The van der Waals surface area contributed by atoms with Gasteiger partial charge in [-0.2, -0.15) is 0 Å². The molecule has 0 atom stereocenters. The van der Waals surface area contributed by atoms with Crippen molar-refractivity contribution in [1.82, 2.24) is 10.3 Å². The summed E-state index contributed by atoms with van der Waals surface area (Å²) in [5.74, 6) is -1.60. The van der Waals surface area contributed by atoms with Crippen molar-refractivity contribution in [3.8, 4) is 0 Å². The van der Waals surface area contributed by atoms with Crippen LogP contribution < -0.4 is 5.32 Å². The molecule has 0 radical (unpaired) electrons. The van der Waals surface area contributed by atoms with Crippen molar-refractivity contribution in [1.29, 1.82) is 0 Å². The van der Waals surface area contributed by atoms with E-state index in [2.05, 4.69) is 15.0 Å². The summed E-state index contributed by atoms with van der Waals surface area (Å²) in [7, 11) is 1.26. The van der Waals surface area contributed by atoms with Crippen LogP contribution in [0.15, 0.2) is 18.5 Å². The van der Waals surface area contributed by atoms with E-state index >= 15 is 0 Å². The fraction of sp³-hybridized carbons (Fsp3) is 0.364. The molecule has 0 aromatic carbocycles. The van der Waals surface area contributed by atoms with Gasteiger partial charge < -0.3 is 10.1 Å². The Morgan fingerprint density at radius 3 is 2.71 bits per heavy atom. The van der Waals surface area contributed by atoms with E-state index in [1.807, 2.05) is 0 Å². The number of halogens is 1. The lowest BCUT2D eigenvalue weighted by Crippen LogP contribution is -2.43. The molecular weight excluding hydrogens is 227 g/mol. The molecule has 5 nitrogen and oxygen atoms in total. The molecule has 90 valence electrons. The Labute approximate surface area is 97.0 Å². The van der Waals surface area contributed by atoms with Gasteiger partial charge in [-0.15, -0.1) is 0 Å². The van der Waals surface area contributed by atoms with Gasteiger partial charge in [-0.25, -0.2) is 9.18 Å². The molecule has 0 aliphatic heterocycles. The first-order chi connectivity index (χ1) is 8.07. The van der Waals surface area contributed by atoms with E-state index in [0.29, 0.717) is 12.8 Å². The predicted octanol–water partition coefficient (Wildman–Crippen LogP) is 0.656. The number of rotatable bonds is 3. The van der Waals surface area contributed by atoms with Gasteiger partial charge in [-0.1, -0.05) is 0 Å². The molecule has 17 heavy (non-hydrogen) atoms. The van der Waals surface area contributed by atoms with Crippen LogP contribution in [0, 0.1) is 5.82 Å². The minimum atomic E-state index is -0.932. The van der Waals surface area contributed by atoms with Gasteiger partial charge in [0.15, 0.2) is 0 Å². The smallest absolute Gasteiger partial charge is 0.331 e. The van der Waals surface area contributed by atoms with E-state index in [1.165, 1.54) is 13.3 Å². The maximum atomic E-state index is 12.9. The molecule has 0 spiro atoms. The first-order valence-electron chi connectivity index (χ1n) is 5.09. The normalized spacial score (nSPS) is 16.1. The Kier molecular flexibility index (Phi) is 2.79. The van der Waals surface area contributed by atoms with Crippen molar-refractivity contribution in [2.45, 2.75) is 18.4 Å². The van der Waals surface area contributed by atoms with Crippen LogP contribution in [0.1, 0.15) is 23.2 Å². The summed E-state index contributed by atoms with van der Waals surface area (Å²) >= 11 is 0. The number of carbonyl (C=O) groups is 2. The van der Waals surface area contributed by atoms with Crippen LogP contribution in [0.2, 0.25) is 0 Å². The number of methoxy groups -OCH3 is 1. The van der Waals surface area contributed by atoms with Gasteiger partial charge in [0.1, 0.15) is 11.4 Å². The zero-order valence-electron chi connectivity index (χ0n) is 9.20. The van der Waals surface area contributed by atoms with Crippen LogP contribution in [0.4, 0.5) is 4.39 Å². The van der Waals surface area contributed by atoms with Crippen LogP contribution >= 0.6 is 0 Å². The molecular formula is C11H11FN2O3. The third kappa shape index (κ3) is 2.25. The fourth-order valence-corrected chi connectivity index (χ4v) is 1.53. The minimum Gasteiger partial charge on any atom is -0.467 e. The first-order valence-corrected chi connectivity index (χ1v) is 5.09. The summed E-state index contributed by atoms with van der Waals surface area (Å²) in [6.45, 7) is 0. The molecule has 1 saturated carbocycles. The zero-order chi connectivity index (χ0) is 12.5. The van der Waals surface area contributed by atoms with Crippen LogP contribution in [0.5, 0.6) is 0 Å². The van der Waals surface area contributed by atoms with Gasteiger partial charge in [0.2, 0.25) is 0 Å². The van der Waals surface area contributed by atoms with Crippen molar-refractivity contribution < 1.29 is 18.7 Å². The highest BCUT2D eigenvalue weighted by atomic mass is 19.1. The summed E-state index contributed by atoms with van der Waals surface area (Å²) in [5, 5.41) is 2.54. The lowest BCUT2D eigenvalue weighted by atomic mass is 10.2. The Bertz CT molecular complexity index is 472. The number of nitrogens with zero attached hydrogens (tertiary/aromatic N) is 1. The molecule has 1 aliphatic rings. The van der Waals surface area contributed by atoms with E-state index in [-0.39, 0.29) is 5.56 Å². The van der Waals surface area contributed by atoms with E-state index in [0.717, 1.165) is 12.3 Å². The molecule has 0 saturated heterocycles. The van der Waals surface area contributed by atoms with E-state index in [1.54, 1.807) is 0 Å². The fourth-order valence-electron chi connectivity index (χ4n) is 1.53. The molecule has 2 rings (SSSR count). The number of nitrogens with one attached hydrogen (secondary N) is 1. The maximum absolute atomic E-state index is 12.9. The summed E-state index contributed by atoms with van der Waals surface area (Å²) in [6.07, 6.45) is 3.32. The molecule has 1 aromatic heterocycles. The Balaban J connectivity index is 2.10. The van der Waals surface area contributed by atoms with Gasteiger partial charge in [0.25, 0.3) is 5.91 Å². The topological polar surface area (TPSA) is 68.3 Å². The molecule has 1 aliphatic carbocycles. The van der Waals surface area contributed by atoms with Crippen LogP contribution in [0.25, 0.3) is 0 Å². The average Bonchev–Trinajstić information content (AvgIpc) is 3.09. The second kappa shape index (κ2) is 4.12. The van der Waals surface area contributed by atoms with Crippen LogP contribution in [0.3, 0.4) is 0 Å². The Morgan fingerprint density at radius 1 is 1.47 bits per heavy atom. The van der Waals surface area contributed by atoms with Gasteiger partial charge >= 0.3 is 5.97 Å². The summed E-state index contributed by atoms with van der Waals surface area (Å²) in [5.41, 5.74) is -0.849. The highest BCUT2D eigenvalue weighted by molar-refractivity contribution is 5.99. The minimum absolute atomic E-state index is 0.0835. The highest BCUT2D eigenvalue weighted by Gasteiger charge is 2.52. The lowest BCUT2D eigenvalue weighted by molar-refractivity contribution is -0.144. The summed E-state index contributed by atoms with van der Waals surface area (Å²) < 4.78 is 17.5. The Morgan fingerprint density at radius 2 is 2.18 bits per heavy atom. The molecule has 0 bridgehead atoms. The van der Waals surface area contributed by atoms with Crippen molar-refractivity contribution >= 4 is 11.9 Å². The quantitative estimate of drug-likeness (QED) is 0.785. The average molecular weight is 238 g/mol. The SMILES string of the molecule is COC(=O)C1(NC(=O)c2cncc(F)c2)CC1. The molecule has 1 fully saturated rings. The van der Waals surface area contributed by atoms with Gasteiger partial charge in [0, 0.05) is 6.20 Å². The number of hydrogen-bond acceptors (Lipinski definition) is 4. The molecule has 1 N–H and O–H groups in total. The number of amides is 1. The second-order valence-corrected chi connectivity index (χ2v) is 3.92. The van der Waals surface area contributed by atoms with E-state index in [9.17, 15) is 14.0 Å². The van der Waals surface area contributed by atoms with Gasteiger partial charge in [0.05, 0.1) is 18.9 Å². The summed E-state index contributed by atoms with van der Waals surface area (Å²) in [4.78, 5) is 26.7. The van der Waals surface area contributed by atoms with E-state index in [4.69, 9.17) is 0 Å². The first kappa shape index (κ1) is 11.5. The molecule has 1 amide bonds. The maximum Gasteiger partial charge on any atom is 0.331 e. The largest absolute Gasteiger partial charge is 0.467 e. The van der Waals surface area contributed by atoms with Crippen LogP contribution in [-0.4, -0.2) is 29.5 Å². The third-order valence-corrected chi connectivity index (χ3v) is 2.65. The standard InChI is InChI=1S/C11H11FN2O3/c1-17-10(16)11(2-3-11)14-9(15)7-4-8(12)6-13-5-7/h4-6H,2-3H2,1H3,(H,14,15). The lowest BCUT2D eigenvalue weighted by Gasteiger charge is -2.14. The highest BCUT2D eigenvalue weighted by Crippen LogP contribution is 2.36. The zero-order valence-corrected chi connectivity index (χ0v) is 9.20. The molecule has 1 aromatic rings. The number of carbonyl (C=O) groups excluding carboxylic acids is 2. The predicted molar refractivity (Wildman–Crippen MR) is 55.6 cm³/mol. The van der Waals surface area contributed by atoms with Crippen molar-refractivity contribution in [2.75, 3.05) is 7.11 Å². The summed E-state index contributed by atoms with van der Waals surface area (Å²) in [6, 6.07) is 1.07. The van der Waals surface area contributed by atoms with Crippen molar-refractivity contribution in [3.05, 3.63) is 29.8 Å². The number of aromatic nitrogens is 1. The van der Waals surface area contributed by atoms with Crippen molar-refractivity contribution in [2.24, 2.45) is 0 Å². The number of pyridine rings is 1. The van der Waals surface area contributed by atoms with Gasteiger partial charge in [-0.3, -0.25) is 9.78 Å². The third-order valence-electron chi connectivity index (χ3n) is 2.65. The van der Waals surface area contributed by atoms with Gasteiger partial charge in [-0.05, 0) is 18.9 Å².